The molecule has 0 spiro atoms. The Bertz CT molecular complexity index is 2780. The van der Waals surface area contributed by atoms with Crippen LogP contribution in [0.1, 0.15) is 16.7 Å². The third kappa shape index (κ3) is 9.05. The zero-order chi connectivity index (χ0) is 46.6. The van der Waals surface area contributed by atoms with Crippen molar-refractivity contribution < 1.29 is 0 Å². The quantitative estimate of drug-likeness (QED) is 0.0787. The Morgan fingerprint density at radius 1 is 0.174 bits per heavy atom. The molecule has 0 saturated carbocycles. The average Bonchev–Trinajstić information content (AvgIpc) is 3.44. The highest BCUT2D eigenvalue weighted by molar-refractivity contribution is 7.18. The molecule has 0 aromatic heterocycles. The molecule has 0 aliphatic carbocycles. The molecule has 0 nitrogen and oxygen atoms in total. The summed E-state index contributed by atoms with van der Waals surface area (Å²) in [6, 6.07) is 104. The highest BCUT2D eigenvalue weighted by Crippen LogP contribution is 2.15. The predicted octanol–water partition coefficient (Wildman–Crippen LogP) is 7.87. The molecule has 0 N–H and O–H groups in total. The maximum atomic E-state index is 4.06. The van der Waals surface area contributed by atoms with Crippen LogP contribution in [0.3, 0.4) is 0 Å². The van der Waals surface area contributed by atoms with Crippen molar-refractivity contribution in [2.24, 2.45) is 0 Å². The normalized spacial score (nSPS) is 11.1. The van der Waals surface area contributed by atoms with Crippen LogP contribution in [-0.4, -0.2) is 24.2 Å². The topological polar surface area (TPSA) is 0 Å². The lowest BCUT2D eigenvalue weighted by Gasteiger charge is -2.28. The Morgan fingerprint density at radius 2 is 0.304 bits per heavy atom. The van der Waals surface area contributed by atoms with E-state index in [-0.39, 0.29) is 0 Å². The van der Waals surface area contributed by atoms with Crippen molar-refractivity contribution in [2.75, 3.05) is 0 Å². The lowest BCUT2D eigenvalue weighted by molar-refractivity contribution is 1.56. The summed E-state index contributed by atoms with van der Waals surface area (Å²) >= 11 is 0. The summed E-state index contributed by atoms with van der Waals surface area (Å²) in [5, 5.41) is 11.1. The number of benzene rings is 10. The van der Waals surface area contributed by atoms with Gasteiger partial charge in [-0.1, -0.05) is 291 Å². The van der Waals surface area contributed by atoms with E-state index in [2.05, 4.69) is 326 Å². The molecule has 324 valence electrons. The summed E-state index contributed by atoms with van der Waals surface area (Å²) in [4.78, 5) is 0. The molecule has 0 unspecified atom stereocenters. The summed E-state index contributed by atoms with van der Waals surface area (Å²) in [5.74, 6) is 11.5. The van der Waals surface area contributed by atoms with Crippen molar-refractivity contribution in [3.05, 3.63) is 308 Å². The second kappa shape index (κ2) is 20.6. The van der Waals surface area contributed by atoms with Crippen LogP contribution < -0.4 is 46.7 Å². The fourth-order valence-corrected chi connectivity index (χ4v) is 21.2. The second-order valence-electron chi connectivity index (χ2n) is 17.1. The fraction of sp³-hybridized carbons (Fsp3) is 0. The van der Waals surface area contributed by atoms with Gasteiger partial charge in [-0.15, -0.1) is 16.6 Å². The minimum Gasteiger partial charge on any atom is -0.109 e. The zero-order valence-corrected chi connectivity index (χ0v) is 41.2. The van der Waals surface area contributed by atoms with Crippen LogP contribution in [0.4, 0.5) is 0 Å². The van der Waals surface area contributed by atoms with Crippen molar-refractivity contribution >= 4 is 70.9 Å². The summed E-state index contributed by atoms with van der Waals surface area (Å²) in [6.45, 7) is 0. The smallest absolute Gasteiger partial charge is 0.109 e. The van der Waals surface area contributed by atoms with Gasteiger partial charge >= 0.3 is 0 Å². The average molecular weight is 925 g/mol. The zero-order valence-electron chi connectivity index (χ0n) is 38.2. The Balaban J connectivity index is 1.25. The summed E-state index contributed by atoms with van der Waals surface area (Å²) in [7, 11) is -8.77. The maximum Gasteiger partial charge on any atom is 0.230 e. The molecule has 10 rings (SSSR count). The Kier molecular flexibility index (Phi) is 13.2. The van der Waals surface area contributed by atoms with Gasteiger partial charge in [-0.2, -0.15) is 0 Å². The maximum absolute atomic E-state index is 4.06. The molecule has 0 radical (unpaired) electrons. The van der Waals surface area contributed by atoms with E-state index in [0.717, 1.165) is 16.7 Å². The molecular formula is C66H48Si3. The van der Waals surface area contributed by atoms with Crippen molar-refractivity contribution in [3.63, 3.8) is 0 Å². The highest BCUT2D eigenvalue weighted by Gasteiger charge is 2.40. The van der Waals surface area contributed by atoms with Gasteiger partial charge in [-0.3, -0.25) is 0 Å². The molecule has 0 fully saturated rings. The van der Waals surface area contributed by atoms with Crippen LogP contribution in [0, 0.1) is 34.4 Å². The molecule has 0 bridgehead atoms. The standard InChI is InChI=1S/C66H48Si3/c1-10-28-58(29-11-1)67(59-30-12-2-13-31-59,60-32-14-3-15-33-60)49-46-55-52-56(47-50-68(61-34-16-4-17-35-61,62-36-18-5-19-37-62)63-38-20-6-21-39-63)54-57(53-55)48-51-69(64-40-22-7-23-41-64,65-42-24-8-25-43-65)66-44-26-9-27-45-66/h1-45,52-54H. The van der Waals surface area contributed by atoms with Gasteiger partial charge in [-0.05, 0) is 64.9 Å². The molecule has 0 aliphatic heterocycles. The summed E-state index contributed by atoms with van der Waals surface area (Å²) < 4.78 is 0. The lowest BCUT2D eigenvalue weighted by Crippen LogP contribution is -2.66. The number of hydrogen-bond donors (Lipinski definition) is 0. The van der Waals surface area contributed by atoms with E-state index in [1.165, 1.54) is 46.7 Å². The van der Waals surface area contributed by atoms with Crippen molar-refractivity contribution in [1.29, 1.82) is 0 Å². The Labute approximate surface area is 410 Å². The van der Waals surface area contributed by atoms with Gasteiger partial charge in [-0.25, -0.2) is 0 Å². The molecule has 0 atom stereocenters. The largest absolute Gasteiger partial charge is 0.230 e. The first-order valence-electron chi connectivity index (χ1n) is 23.4. The molecule has 0 heterocycles. The van der Waals surface area contributed by atoms with Crippen LogP contribution in [0.25, 0.3) is 0 Å². The van der Waals surface area contributed by atoms with Crippen LogP contribution in [0.5, 0.6) is 0 Å². The number of hydrogen-bond acceptors (Lipinski definition) is 0. The third-order valence-electron chi connectivity index (χ3n) is 13.0. The van der Waals surface area contributed by atoms with Crippen LogP contribution in [0.2, 0.25) is 0 Å². The van der Waals surface area contributed by atoms with E-state index in [1.54, 1.807) is 0 Å². The molecule has 0 amide bonds. The van der Waals surface area contributed by atoms with Gasteiger partial charge in [0.2, 0.25) is 24.2 Å². The molecule has 0 saturated heterocycles. The number of rotatable bonds is 9. The first kappa shape index (κ1) is 44.4. The van der Waals surface area contributed by atoms with E-state index in [9.17, 15) is 0 Å². The highest BCUT2D eigenvalue weighted by atomic mass is 28.3. The second-order valence-corrected chi connectivity index (χ2v) is 27.5. The van der Waals surface area contributed by atoms with Gasteiger partial charge in [0.15, 0.2) is 0 Å². The van der Waals surface area contributed by atoms with Gasteiger partial charge in [0.25, 0.3) is 0 Å². The molecular weight excluding hydrogens is 877 g/mol. The molecule has 10 aromatic rings. The SMILES string of the molecule is C(#C[Si](c1ccccc1)(c1ccccc1)c1ccccc1)c1cc(C#C[Si](c2ccccc2)(c2ccccc2)c2ccccc2)cc(C#C[Si](c2ccccc2)(c2ccccc2)c2ccccc2)c1. The van der Waals surface area contributed by atoms with Crippen LogP contribution >= 0.6 is 0 Å². The van der Waals surface area contributed by atoms with E-state index < -0.39 is 24.2 Å². The van der Waals surface area contributed by atoms with Gasteiger partial charge in [0.05, 0.1) is 0 Å². The Morgan fingerprint density at radius 3 is 0.435 bits per heavy atom. The van der Waals surface area contributed by atoms with Gasteiger partial charge in [0.1, 0.15) is 0 Å². The minimum atomic E-state index is -2.92. The molecule has 69 heavy (non-hydrogen) atoms. The summed E-state index contributed by atoms with van der Waals surface area (Å²) in [5.41, 5.74) is 14.8. The molecule has 0 aliphatic rings. The molecule has 3 heteroatoms. The van der Waals surface area contributed by atoms with Crippen molar-refractivity contribution in [1.82, 2.24) is 0 Å². The van der Waals surface area contributed by atoms with E-state index in [1.807, 2.05) is 0 Å². The first-order valence-corrected chi connectivity index (χ1v) is 29.4. The van der Waals surface area contributed by atoms with E-state index >= 15 is 0 Å². The summed E-state index contributed by atoms with van der Waals surface area (Å²) in [6.07, 6.45) is 0. The third-order valence-corrected chi connectivity index (χ3v) is 25.3. The fourth-order valence-electron chi connectivity index (χ4n) is 9.68. The molecule has 10 aromatic carbocycles. The van der Waals surface area contributed by atoms with Crippen LogP contribution in [-0.2, 0) is 0 Å². The van der Waals surface area contributed by atoms with Gasteiger partial charge < -0.3 is 0 Å². The minimum absolute atomic E-state index is 0.878. The van der Waals surface area contributed by atoms with Crippen LogP contribution in [0.15, 0.2) is 291 Å². The van der Waals surface area contributed by atoms with Crippen molar-refractivity contribution in [3.8, 4) is 34.4 Å². The predicted molar refractivity (Wildman–Crippen MR) is 299 cm³/mol. The van der Waals surface area contributed by atoms with E-state index in [0.29, 0.717) is 0 Å². The first-order chi connectivity index (χ1) is 34.2. The van der Waals surface area contributed by atoms with E-state index in [4.69, 9.17) is 0 Å². The lowest BCUT2D eigenvalue weighted by atomic mass is 10.1. The Hall–Kier alpha value is -8.47. The monoisotopic (exact) mass is 924 g/mol. The van der Waals surface area contributed by atoms with Crippen molar-refractivity contribution in [2.45, 2.75) is 0 Å². The van der Waals surface area contributed by atoms with Gasteiger partial charge in [0, 0.05) is 16.7 Å².